The molecule has 0 unspecified atom stereocenters. The number of primary amides is 1. The quantitative estimate of drug-likeness (QED) is 0.663. The van der Waals surface area contributed by atoms with Gasteiger partial charge in [-0.1, -0.05) is 20.8 Å². The number of amides is 3. The van der Waals surface area contributed by atoms with E-state index in [4.69, 9.17) is 10.5 Å². The summed E-state index contributed by atoms with van der Waals surface area (Å²) >= 11 is 0. The van der Waals surface area contributed by atoms with Crippen molar-refractivity contribution >= 4 is 27.9 Å². The summed E-state index contributed by atoms with van der Waals surface area (Å²) in [4.78, 5) is 35.3. The van der Waals surface area contributed by atoms with Crippen LogP contribution in [0.2, 0.25) is 0 Å². The summed E-state index contributed by atoms with van der Waals surface area (Å²) in [7, 11) is -3.63. The van der Waals surface area contributed by atoms with Gasteiger partial charge in [-0.2, -0.15) is 4.31 Å². The highest BCUT2D eigenvalue weighted by atomic mass is 32.2. The largest absolute Gasteiger partial charge is 0.448 e. The SMILES string of the molecule is CC1CCN(S(=O)(=O)c2ccc(C(=O)O[C@@H](C(=O)NC(N)=O)C(C)C)cc2)CC1. The molecule has 1 aliphatic heterocycles. The summed E-state index contributed by atoms with van der Waals surface area (Å²) in [5, 5.41) is 1.89. The van der Waals surface area contributed by atoms with E-state index >= 15 is 0 Å². The second kappa shape index (κ2) is 9.36. The second-order valence-corrected chi connectivity index (χ2v) is 9.47. The normalized spacial score (nSPS) is 17.0. The number of hydrogen-bond donors (Lipinski definition) is 2. The highest BCUT2D eigenvalue weighted by molar-refractivity contribution is 7.89. The fraction of sp³-hybridized carbons (Fsp3) is 0.526. The maximum Gasteiger partial charge on any atom is 0.338 e. The minimum atomic E-state index is -3.63. The zero-order valence-electron chi connectivity index (χ0n) is 16.8. The molecule has 10 heteroatoms. The van der Waals surface area contributed by atoms with Crippen molar-refractivity contribution in [3.63, 3.8) is 0 Å². The molecule has 3 amide bonds. The predicted molar refractivity (Wildman–Crippen MR) is 105 cm³/mol. The molecule has 2 rings (SSSR count). The third-order valence-electron chi connectivity index (χ3n) is 4.81. The molecule has 3 N–H and O–H groups in total. The molecule has 1 aromatic rings. The van der Waals surface area contributed by atoms with Crippen LogP contribution in [0.5, 0.6) is 0 Å². The van der Waals surface area contributed by atoms with E-state index in [-0.39, 0.29) is 10.5 Å². The summed E-state index contributed by atoms with van der Waals surface area (Å²) in [5.41, 5.74) is 5.02. The Kier molecular flexibility index (Phi) is 7.37. The summed E-state index contributed by atoms with van der Waals surface area (Å²) in [6.07, 6.45) is 0.412. The third-order valence-corrected chi connectivity index (χ3v) is 6.73. The standard InChI is InChI=1S/C19H27N3O6S/c1-12(2)16(17(23)21-19(20)25)28-18(24)14-4-6-15(7-5-14)29(26,27)22-10-8-13(3)9-11-22/h4-7,12-13,16H,8-11H2,1-3H3,(H3,20,21,23,25)/t16-/m1/s1. The first kappa shape index (κ1) is 22.8. The zero-order chi connectivity index (χ0) is 21.8. The Morgan fingerprint density at radius 3 is 2.17 bits per heavy atom. The molecule has 0 saturated carbocycles. The number of piperidine rings is 1. The molecule has 1 aromatic carbocycles. The Morgan fingerprint density at radius 1 is 1.14 bits per heavy atom. The lowest BCUT2D eigenvalue weighted by Gasteiger charge is -2.29. The predicted octanol–water partition coefficient (Wildman–Crippen LogP) is 1.48. The van der Waals surface area contributed by atoms with Crippen molar-refractivity contribution in [2.24, 2.45) is 17.6 Å². The summed E-state index contributed by atoms with van der Waals surface area (Å²) in [6.45, 7) is 6.33. The second-order valence-electron chi connectivity index (χ2n) is 7.53. The van der Waals surface area contributed by atoms with E-state index in [0.717, 1.165) is 12.8 Å². The van der Waals surface area contributed by atoms with Gasteiger partial charge in [-0.3, -0.25) is 10.1 Å². The van der Waals surface area contributed by atoms with Crippen LogP contribution in [0.25, 0.3) is 0 Å². The Bertz CT molecular complexity index is 858. The van der Waals surface area contributed by atoms with E-state index in [1.54, 1.807) is 13.8 Å². The molecule has 160 valence electrons. The molecule has 0 bridgehead atoms. The molecule has 0 aliphatic carbocycles. The number of rotatable bonds is 6. The van der Waals surface area contributed by atoms with Crippen LogP contribution >= 0.6 is 0 Å². The third kappa shape index (κ3) is 5.77. The topological polar surface area (TPSA) is 136 Å². The van der Waals surface area contributed by atoms with Gasteiger partial charge in [0.05, 0.1) is 10.5 Å². The lowest BCUT2D eigenvalue weighted by Crippen LogP contribution is -2.45. The number of esters is 1. The molecule has 9 nitrogen and oxygen atoms in total. The van der Waals surface area contributed by atoms with Crippen LogP contribution in [0.15, 0.2) is 29.2 Å². The van der Waals surface area contributed by atoms with Gasteiger partial charge in [-0.15, -0.1) is 0 Å². The van der Waals surface area contributed by atoms with Crippen molar-refractivity contribution in [3.05, 3.63) is 29.8 Å². The molecular formula is C19H27N3O6S. The number of urea groups is 1. The van der Waals surface area contributed by atoms with Gasteiger partial charge in [0, 0.05) is 13.1 Å². The van der Waals surface area contributed by atoms with Crippen molar-refractivity contribution in [2.75, 3.05) is 13.1 Å². The van der Waals surface area contributed by atoms with E-state index < -0.39 is 40.0 Å². The van der Waals surface area contributed by atoms with Crippen LogP contribution in [0.1, 0.15) is 44.0 Å². The number of benzene rings is 1. The average Bonchev–Trinajstić information content (AvgIpc) is 2.65. The van der Waals surface area contributed by atoms with Gasteiger partial charge in [0.1, 0.15) is 0 Å². The van der Waals surface area contributed by atoms with Crippen LogP contribution in [0.3, 0.4) is 0 Å². The van der Waals surface area contributed by atoms with Crippen LogP contribution in [-0.2, 0) is 19.6 Å². The zero-order valence-corrected chi connectivity index (χ0v) is 17.6. The Hall–Kier alpha value is -2.46. The number of nitrogens with one attached hydrogen (secondary N) is 1. The van der Waals surface area contributed by atoms with Crippen molar-refractivity contribution in [1.29, 1.82) is 0 Å². The Labute approximate surface area is 170 Å². The first-order valence-electron chi connectivity index (χ1n) is 9.44. The number of ether oxygens (including phenoxy) is 1. The van der Waals surface area contributed by atoms with Gasteiger partial charge >= 0.3 is 12.0 Å². The van der Waals surface area contributed by atoms with Crippen molar-refractivity contribution in [1.82, 2.24) is 9.62 Å². The highest BCUT2D eigenvalue weighted by Gasteiger charge is 2.30. The lowest BCUT2D eigenvalue weighted by atomic mass is 10.0. The summed E-state index contributed by atoms with van der Waals surface area (Å²) in [5.74, 6) is -1.53. The minimum Gasteiger partial charge on any atom is -0.448 e. The summed E-state index contributed by atoms with van der Waals surface area (Å²) < 4.78 is 32.1. The Balaban J connectivity index is 2.11. The number of nitrogens with zero attached hydrogens (tertiary/aromatic N) is 1. The molecule has 0 radical (unpaired) electrons. The minimum absolute atomic E-state index is 0.0914. The van der Waals surface area contributed by atoms with E-state index in [9.17, 15) is 22.8 Å². The molecule has 1 heterocycles. The van der Waals surface area contributed by atoms with E-state index in [1.165, 1.54) is 28.6 Å². The molecule has 0 spiro atoms. The van der Waals surface area contributed by atoms with E-state index in [0.29, 0.717) is 19.0 Å². The fourth-order valence-corrected chi connectivity index (χ4v) is 4.48. The molecule has 0 aromatic heterocycles. The van der Waals surface area contributed by atoms with Crippen LogP contribution in [0.4, 0.5) is 4.79 Å². The monoisotopic (exact) mass is 425 g/mol. The number of imide groups is 1. The van der Waals surface area contributed by atoms with Gasteiger partial charge < -0.3 is 10.5 Å². The van der Waals surface area contributed by atoms with Crippen LogP contribution < -0.4 is 11.1 Å². The smallest absolute Gasteiger partial charge is 0.338 e. The number of sulfonamides is 1. The molecule has 1 atom stereocenters. The number of carbonyl (C=O) groups excluding carboxylic acids is 3. The van der Waals surface area contributed by atoms with E-state index in [2.05, 4.69) is 6.92 Å². The van der Waals surface area contributed by atoms with Crippen LogP contribution in [-0.4, -0.2) is 49.8 Å². The van der Waals surface area contributed by atoms with Crippen molar-refractivity contribution < 1.29 is 27.5 Å². The summed E-state index contributed by atoms with van der Waals surface area (Å²) in [6, 6.07) is 4.32. The molecule has 1 fully saturated rings. The van der Waals surface area contributed by atoms with Gasteiger partial charge in [0.15, 0.2) is 6.10 Å². The average molecular weight is 426 g/mol. The number of carbonyl (C=O) groups is 3. The van der Waals surface area contributed by atoms with Gasteiger partial charge in [-0.05, 0) is 48.9 Å². The maximum absolute atomic E-state index is 12.7. The first-order chi connectivity index (χ1) is 13.5. The van der Waals surface area contributed by atoms with Crippen LogP contribution in [0, 0.1) is 11.8 Å². The Morgan fingerprint density at radius 2 is 1.69 bits per heavy atom. The van der Waals surface area contributed by atoms with Crippen molar-refractivity contribution in [3.8, 4) is 0 Å². The molecule has 29 heavy (non-hydrogen) atoms. The maximum atomic E-state index is 12.7. The highest BCUT2D eigenvalue weighted by Crippen LogP contribution is 2.24. The first-order valence-corrected chi connectivity index (χ1v) is 10.9. The fourth-order valence-electron chi connectivity index (χ4n) is 3.01. The van der Waals surface area contributed by atoms with Crippen molar-refractivity contribution in [2.45, 2.75) is 44.6 Å². The van der Waals surface area contributed by atoms with Gasteiger partial charge in [0.25, 0.3) is 5.91 Å². The lowest BCUT2D eigenvalue weighted by molar-refractivity contribution is -0.130. The number of hydrogen-bond acceptors (Lipinski definition) is 6. The molecular weight excluding hydrogens is 398 g/mol. The molecule has 1 aliphatic rings. The van der Waals surface area contributed by atoms with E-state index in [1.807, 2.05) is 5.32 Å². The van der Waals surface area contributed by atoms with Gasteiger partial charge in [0.2, 0.25) is 10.0 Å². The molecule has 1 saturated heterocycles. The number of nitrogens with two attached hydrogens (primary N) is 1. The van der Waals surface area contributed by atoms with Gasteiger partial charge in [-0.25, -0.2) is 18.0 Å².